The van der Waals surface area contributed by atoms with Crippen molar-refractivity contribution in [3.8, 4) is 11.3 Å². The largest absolute Gasteiger partial charge is 0.416 e. The SMILES string of the molecule is CCCCCNC(=O)[C@@H](NC(=O)c1ccc2nc(NC(=O)c3cccnc3-c3ccc(C(F)(F)F)cc3)ccc2c1)c1ccccn1. The summed E-state index contributed by atoms with van der Waals surface area (Å²) in [5.74, 6) is -1.16. The van der Waals surface area contributed by atoms with E-state index in [1.165, 1.54) is 24.4 Å². The Bertz CT molecular complexity index is 1880. The van der Waals surface area contributed by atoms with Gasteiger partial charge in [-0.25, -0.2) is 4.98 Å². The fourth-order valence-electron chi connectivity index (χ4n) is 4.88. The van der Waals surface area contributed by atoms with Crippen LogP contribution in [0.3, 0.4) is 0 Å². The van der Waals surface area contributed by atoms with Crippen LogP contribution in [-0.4, -0.2) is 39.2 Å². The second-order valence-corrected chi connectivity index (χ2v) is 10.7. The number of nitrogens with one attached hydrogen (secondary N) is 3. The lowest BCUT2D eigenvalue weighted by Crippen LogP contribution is -2.41. The van der Waals surface area contributed by atoms with Crippen molar-refractivity contribution in [1.82, 2.24) is 25.6 Å². The number of carbonyl (C=O) groups excluding carboxylic acids is 3. The number of amides is 3. The summed E-state index contributed by atoms with van der Waals surface area (Å²) in [5, 5.41) is 8.99. The Kier molecular flexibility index (Phi) is 10.2. The van der Waals surface area contributed by atoms with E-state index < -0.39 is 29.6 Å². The summed E-state index contributed by atoms with van der Waals surface area (Å²) in [7, 11) is 0. The number of alkyl halides is 3. The minimum Gasteiger partial charge on any atom is -0.354 e. The highest BCUT2D eigenvalue weighted by atomic mass is 19.4. The van der Waals surface area contributed by atoms with Gasteiger partial charge in [-0.05, 0) is 73.2 Å². The highest BCUT2D eigenvalue weighted by Crippen LogP contribution is 2.31. The molecule has 5 aromatic rings. The van der Waals surface area contributed by atoms with Crippen molar-refractivity contribution >= 4 is 34.4 Å². The average molecular weight is 641 g/mol. The van der Waals surface area contributed by atoms with Gasteiger partial charge >= 0.3 is 6.18 Å². The van der Waals surface area contributed by atoms with Crippen LogP contribution in [0, 0.1) is 0 Å². The summed E-state index contributed by atoms with van der Waals surface area (Å²) < 4.78 is 39.1. The second kappa shape index (κ2) is 14.6. The number of hydrogen-bond donors (Lipinski definition) is 3. The van der Waals surface area contributed by atoms with Crippen molar-refractivity contribution in [2.24, 2.45) is 0 Å². The summed E-state index contributed by atoms with van der Waals surface area (Å²) in [6.45, 7) is 2.56. The molecule has 0 aliphatic carbocycles. The predicted molar refractivity (Wildman–Crippen MR) is 171 cm³/mol. The van der Waals surface area contributed by atoms with Crippen molar-refractivity contribution in [2.75, 3.05) is 11.9 Å². The summed E-state index contributed by atoms with van der Waals surface area (Å²) in [4.78, 5) is 52.5. The molecule has 3 heterocycles. The Morgan fingerprint density at radius 1 is 0.830 bits per heavy atom. The zero-order valence-electron chi connectivity index (χ0n) is 25.3. The first-order chi connectivity index (χ1) is 22.6. The van der Waals surface area contributed by atoms with Crippen LogP contribution in [-0.2, 0) is 11.0 Å². The molecule has 9 nitrogen and oxygen atoms in total. The maximum Gasteiger partial charge on any atom is 0.416 e. The predicted octanol–water partition coefficient (Wildman–Crippen LogP) is 6.74. The van der Waals surface area contributed by atoms with Crippen molar-refractivity contribution in [2.45, 2.75) is 38.4 Å². The third-order valence-electron chi connectivity index (χ3n) is 7.33. The number of benzene rings is 2. The second-order valence-electron chi connectivity index (χ2n) is 10.7. The standard InChI is InChI=1S/C35H31F3N6O3/c1-2-3-5-19-41-34(47)31(28-9-4-6-18-39-28)44-32(45)24-12-16-27-23(21-24)13-17-29(42-27)43-33(46)26-8-7-20-40-30(26)22-10-14-25(15-11-22)35(36,37)38/h4,6-18,20-21,31H,2-3,5,19H2,1H3,(H,41,47)(H,44,45)(H,42,43,46)/t31-/m0/s1. The molecule has 3 amide bonds. The van der Waals surface area contributed by atoms with Gasteiger partial charge in [0.25, 0.3) is 11.8 Å². The Morgan fingerprint density at radius 2 is 1.62 bits per heavy atom. The molecular weight excluding hydrogens is 609 g/mol. The van der Waals surface area contributed by atoms with E-state index in [4.69, 9.17) is 0 Å². The number of pyridine rings is 3. The van der Waals surface area contributed by atoms with Gasteiger partial charge in [0.2, 0.25) is 5.91 Å². The molecular formula is C35H31F3N6O3. The molecule has 0 unspecified atom stereocenters. The highest BCUT2D eigenvalue weighted by Gasteiger charge is 2.30. The van der Waals surface area contributed by atoms with E-state index in [9.17, 15) is 27.6 Å². The number of rotatable bonds is 11. The molecule has 0 aliphatic rings. The zero-order chi connectivity index (χ0) is 33.4. The van der Waals surface area contributed by atoms with E-state index in [0.717, 1.165) is 31.4 Å². The normalized spacial score (nSPS) is 11.9. The maximum atomic E-state index is 13.3. The molecule has 5 rings (SSSR count). The summed E-state index contributed by atoms with van der Waals surface area (Å²) in [5.41, 5.74) is 1.11. The van der Waals surface area contributed by atoms with Crippen LogP contribution in [0.1, 0.15) is 64.2 Å². The lowest BCUT2D eigenvalue weighted by Gasteiger charge is -2.18. The van der Waals surface area contributed by atoms with Crippen LogP contribution < -0.4 is 16.0 Å². The smallest absolute Gasteiger partial charge is 0.354 e. The minimum absolute atomic E-state index is 0.151. The van der Waals surface area contributed by atoms with Crippen LogP contribution in [0.2, 0.25) is 0 Å². The number of halogens is 3. The summed E-state index contributed by atoms with van der Waals surface area (Å²) in [6, 6.07) is 19.7. The van der Waals surface area contributed by atoms with Gasteiger partial charge in [0.15, 0.2) is 6.04 Å². The molecule has 0 bridgehead atoms. The molecule has 0 aliphatic heterocycles. The molecule has 1 atom stereocenters. The van der Waals surface area contributed by atoms with E-state index in [1.54, 1.807) is 60.8 Å². The lowest BCUT2D eigenvalue weighted by molar-refractivity contribution is -0.137. The van der Waals surface area contributed by atoms with Gasteiger partial charge in [-0.15, -0.1) is 0 Å². The van der Waals surface area contributed by atoms with Crippen molar-refractivity contribution < 1.29 is 27.6 Å². The molecule has 0 spiro atoms. The molecule has 47 heavy (non-hydrogen) atoms. The third kappa shape index (κ3) is 8.15. The molecule has 0 saturated carbocycles. The van der Waals surface area contributed by atoms with Crippen LogP contribution in [0.25, 0.3) is 22.2 Å². The number of unbranched alkanes of at least 4 members (excludes halogenated alkanes) is 2. The molecule has 2 aromatic carbocycles. The number of nitrogens with zero attached hydrogens (tertiary/aromatic N) is 3. The van der Waals surface area contributed by atoms with Crippen LogP contribution in [0.4, 0.5) is 19.0 Å². The van der Waals surface area contributed by atoms with Gasteiger partial charge in [0, 0.05) is 35.5 Å². The molecule has 3 aromatic heterocycles. The number of hydrogen-bond acceptors (Lipinski definition) is 6. The Morgan fingerprint density at radius 3 is 2.34 bits per heavy atom. The highest BCUT2D eigenvalue weighted by molar-refractivity contribution is 6.08. The molecule has 12 heteroatoms. The van der Waals surface area contributed by atoms with Crippen LogP contribution in [0.5, 0.6) is 0 Å². The van der Waals surface area contributed by atoms with Gasteiger partial charge in [-0.2, -0.15) is 13.2 Å². The van der Waals surface area contributed by atoms with Gasteiger partial charge in [0.05, 0.1) is 28.0 Å². The fraction of sp³-hybridized carbons (Fsp3) is 0.200. The van der Waals surface area contributed by atoms with Gasteiger partial charge in [-0.1, -0.05) is 38.0 Å². The quantitative estimate of drug-likeness (QED) is 0.137. The Labute approximate surface area is 268 Å². The van der Waals surface area contributed by atoms with Gasteiger partial charge in [0.1, 0.15) is 5.82 Å². The fourth-order valence-corrected chi connectivity index (χ4v) is 4.88. The topological polar surface area (TPSA) is 126 Å². The van der Waals surface area contributed by atoms with E-state index >= 15 is 0 Å². The van der Waals surface area contributed by atoms with E-state index in [1.807, 2.05) is 0 Å². The van der Waals surface area contributed by atoms with Crippen molar-refractivity contribution in [3.63, 3.8) is 0 Å². The lowest BCUT2D eigenvalue weighted by atomic mass is 10.0. The molecule has 240 valence electrons. The molecule has 0 fully saturated rings. The first kappa shape index (κ1) is 32.7. The monoisotopic (exact) mass is 640 g/mol. The summed E-state index contributed by atoms with van der Waals surface area (Å²) >= 11 is 0. The molecule has 0 saturated heterocycles. The van der Waals surface area contributed by atoms with Gasteiger partial charge in [-0.3, -0.25) is 24.4 Å². The van der Waals surface area contributed by atoms with Crippen molar-refractivity contribution in [3.05, 3.63) is 120 Å². The zero-order valence-corrected chi connectivity index (χ0v) is 25.3. The number of aromatic nitrogens is 3. The number of fused-ring (bicyclic) bond motifs is 1. The van der Waals surface area contributed by atoms with Crippen LogP contribution >= 0.6 is 0 Å². The molecule has 0 radical (unpaired) electrons. The molecule has 3 N–H and O–H groups in total. The Balaban J connectivity index is 1.31. The number of anilines is 1. The third-order valence-corrected chi connectivity index (χ3v) is 7.33. The van der Waals surface area contributed by atoms with E-state index in [2.05, 4.69) is 37.8 Å². The average Bonchev–Trinajstić information content (AvgIpc) is 3.08. The first-order valence-electron chi connectivity index (χ1n) is 15.0. The van der Waals surface area contributed by atoms with E-state index in [0.29, 0.717) is 34.3 Å². The Hall–Kier alpha value is -5.65. The number of carbonyl (C=O) groups is 3. The maximum absolute atomic E-state index is 13.3. The van der Waals surface area contributed by atoms with Gasteiger partial charge < -0.3 is 16.0 Å². The van der Waals surface area contributed by atoms with Crippen molar-refractivity contribution in [1.29, 1.82) is 0 Å². The summed E-state index contributed by atoms with van der Waals surface area (Å²) in [6.07, 6.45) is 1.34. The van der Waals surface area contributed by atoms with E-state index in [-0.39, 0.29) is 23.0 Å². The first-order valence-corrected chi connectivity index (χ1v) is 15.0. The minimum atomic E-state index is -4.48. The van der Waals surface area contributed by atoms with Crippen LogP contribution in [0.15, 0.2) is 97.3 Å².